The largest absolute Gasteiger partial charge is 0.463 e. The lowest BCUT2D eigenvalue weighted by molar-refractivity contribution is -0.134. The number of rotatable bonds is 5. The molecule has 1 aliphatic carbocycles. The number of nitrogens with zero attached hydrogens (tertiary/aromatic N) is 2. The Balaban J connectivity index is 1.67. The molecule has 6 nitrogen and oxygen atoms in total. The zero-order valence-electron chi connectivity index (χ0n) is 18.9. The molecule has 4 rings (SSSR count). The van der Waals surface area contributed by atoms with Gasteiger partial charge < -0.3 is 19.2 Å². The Morgan fingerprint density at radius 2 is 2.10 bits per heavy atom. The van der Waals surface area contributed by atoms with Crippen LogP contribution in [0.5, 0.6) is 0 Å². The second-order valence-corrected chi connectivity index (χ2v) is 10.0. The standard InChI is InChI=1S/C24H35N3O3/c1-15(2)9-11-27-22(28)20-13-21-19(10-12-30-21)26(20)14-24(27,5)23(29)25-18-8-6-7-16(3)17(18)4/h10,12-13,15-18H,6-9,11,14H2,1-5H3,(H,25,29). The number of fused-ring (bicyclic) bond motifs is 3. The molecule has 0 aromatic carbocycles. The molecule has 3 heterocycles. The number of hydrogen-bond acceptors (Lipinski definition) is 3. The molecule has 4 atom stereocenters. The predicted molar refractivity (Wildman–Crippen MR) is 117 cm³/mol. The van der Waals surface area contributed by atoms with E-state index in [1.165, 1.54) is 6.42 Å². The summed E-state index contributed by atoms with van der Waals surface area (Å²) in [5.41, 5.74) is 1.25. The summed E-state index contributed by atoms with van der Waals surface area (Å²) in [6.45, 7) is 11.7. The number of carbonyl (C=O) groups is 2. The van der Waals surface area contributed by atoms with E-state index in [0.717, 1.165) is 24.8 Å². The van der Waals surface area contributed by atoms with Crippen molar-refractivity contribution in [2.45, 2.75) is 78.4 Å². The number of nitrogens with one attached hydrogen (secondary N) is 1. The highest BCUT2D eigenvalue weighted by Gasteiger charge is 2.48. The quantitative estimate of drug-likeness (QED) is 0.788. The Kier molecular flexibility index (Phi) is 5.45. The lowest BCUT2D eigenvalue weighted by Crippen LogP contribution is -2.65. The third-order valence-corrected chi connectivity index (χ3v) is 7.49. The van der Waals surface area contributed by atoms with Crippen LogP contribution in [0.4, 0.5) is 0 Å². The van der Waals surface area contributed by atoms with E-state index in [2.05, 4.69) is 33.0 Å². The van der Waals surface area contributed by atoms with Crippen molar-refractivity contribution in [2.24, 2.45) is 17.8 Å². The van der Waals surface area contributed by atoms with Crippen molar-refractivity contribution in [3.8, 4) is 0 Å². The molecule has 30 heavy (non-hydrogen) atoms. The van der Waals surface area contributed by atoms with Gasteiger partial charge in [0.05, 0.1) is 18.3 Å². The molecule has 1 fully saturated rings. The lowest BCUT2D eigenvalue weighted by atomic mass is 9.77. The molecule has 0 spiro atoms. The fraction of sp³-hybridized carbons (Fsp3) is 0.667. The van der Waals surface area contributed by atoms with Crippen LogP contribution in [0.15, 0.2) is 22.8 Å². The summed E-state index contributed by atoms with van der Waals surface area (Å²) in [6.07, 6.45) is 5.86. The Hall–Kier alpha value is -2.24. The van der Waals surface area contributed by atoms with Crippen LogP contribution < -0.4 is 5.32 Å². The van der Waals surface area contributed by atoms with Crippen molar-refractivity contribution in [1.82, 2.24) is 14.8 Å². The summed E-state index contributed by atoms with van der Waals surface area (Å²) in [6, 6.07) is 3.85. The van der Waals surface area contributed by atoms with Crippen LogP contribution in [0.1, 0.15) is 70.8 Å². The summed E-state index contributed by atoms with van der Waals surface area (Å²) in [4.78, 5) is 29.0. The van der Waals surface area contributed by atoms with Gasteiger partial charge >= 0.3 is 0 Å². The third-order valence-electron chi connectivity index (χ3n) is 7.49. The number of amides is 2. The van der Waals surface area contributed by atoms with Crippen LogP contribution >= 0.6 is 0 Å². The highest BCUT2D eigenvalue weighted by Crippen LogP contribution is 2.35. The van der Waals surface area contributed by atoms with Gasteiger partial charge in [-0.15, -0.1) is 0 Å². The van der Waals surface area contributed by atoms with Gasteiger partial charge in [-0.05, 0) is 37.5 Å². The van der Waals surface area contributed by atoms with E-state index in [-0.39, 0.29) is 17.9 Å². The summed E-state index contributed by atoms with van der Waals surface area (Å²) in [5, 5.41) is 3.34. The first kappa shape index (κ1) is 21.0. The number of furan rings is 1. The highest BCUT2D eigenvalue weighted by molar-refractivity contribution is 6.02. The second kappa shape index (κ2) is 7.78. The molecule has 0 saturated heterocycles. The Morgan fingerprint density at radius 3 is 2.83 bits per heavy atom. The zero-order valence-corrected chi connectivity index (χ0v) is 18.9. The molecule has 4 unspecified atom stereocenters. The first-order valence-corrected chi connectivity index (χ1v) is 11.4. The van der Waals surface area contributed by atoms with Crippen molar-refractivity contribution in [3.05, 3.63) is 24.1 Å². The molecule has 2 aromatic heterocycles. The molecular formula is C24H35N3O3. The normalized spacial score (nSPS) is 29.5. The molecule has 2 aliphatic rings. The van der Waals surface area contributed by atoms with Crippen LogP contribution in [0.2, 0.25) is 0 Å². The maximum atomic E-state index is 13.7. The SMILES string of the molecule is CC(C)CCN1C(=O)c2cc3occc3n2CC1(C)C(=O)NC1CCCC(C)C1C. The number of aromatic nitrogens is 1. The second-order valence-electron chi connectivity index (χ2n) is 10.0. The molecule has 0 bridgehead atoms. The van der Waals surface area contributed by atoms with Crippen LogP contribution in [0, 0.1) is 17.8 Å². The first-order chi connectivity index (χ1) is 14.2. The van der Waals surface area contributed by atoms with E-state index < -0.39 is 5.54 Å². The van der Waals surface area contributed by atoms with Crippen LogP contribution in [-0.4, -0.2) is 39.4 Å². The van der Waals surface area contributed by atoms with E-state index in [9.17, 15) is 9.59 Å². The smallest absolute Gasteiger partial charge is 0.271 e. The van der Waals surface area contributed by atoms with Gasteiger partial charge in [0.15, 0.2) is 5.58 Å². The van der Waals surface area contributed by atoms with E-state index in [1.54, 1.807) is 11.2 Å². The van der Waals surface area contributed by atoms with Crippen molar-refractivity contribution in [2.75, 3.05) is 6.54 Å². The average Bonchev–Trinajstić information content (AvgIpc) is 3.27. The maximum Gasteiger partial charge on any atom is 0.271 e. The van der Waals surface area contributed by atoms with Gasteiger partial charge in [0.25, 0.3) is 5.91 Å². The molecular weight excluding hydrogens is 378 g/mol. The highest BCUT2D eigenvalue weighted by atomic mass is 16.3. The van der Waals surface area contributed by atoms with Gasteiger partial charge in [0.2, 0.25) is 5.91 Å². The van der Waals surface area contributed by atoms with Crippen molar-refractivity contribution < 1.29 is 14.0 Å². The fourth-order valence-electron chi connectivity index (χ4n) is 5.12. The molecule has 2 aromatic rings. The third kappa shape index (κ3) is 3.44. The van der Waals surface area contributed by atoms with E-state index >= 15 is 0 Å². The predicted octanol–water partition coefficient (Wildman–Crippen LogP) is 4.44. The summed E-state index contributed by atoms with van der Waals surface area (Å²) in [5.74, 6) is 1.37. The summed E-state index contributed by atoms with van der Waals surface area (Å²) >= 11 is 0. The van der Waals surface area contributed by atoms with Gasteiger partial charge in [-0.2, -0.15) is 0 Å². The van der Waals surface area contributed by atoms with Crippen molar-refractivity contribution in [3.63, 3.8) is 0 Å². The monoisotopic (exact) mass is 413 g/mol. The zero-order chi connectivity index (χ0) is 21.6. The van der Waals surface area contributed by atoms with E-state index in [0.29, 0.717) is 42.1 Å². The average molecular weight is 414 g/mol. The Bertz CT molecular complexity index is 943. The Labute approximate surface area is 179 Å². The number of carbonyl (C=O) groups excluding carboxylic acids is 2. The van der Waals surface area contributed by atoms with Gasteiger partial charge in [0, 0.05) is 24.7 Å². The van der Waals surface area contributed by atoms with E-state index in [1.807, 2.05) is 23.6 Å². The van der Waals surface area contributed by atoms with Crippen LogP contribution in [0.25, 0.3) is 11.1 Å². The van der Waals surface area contributed by atoms with Gasteiger partial charge in [-0.1, -0.05) is 40.5 Å². The maximum absolute atomic E-state index is 13.7. The summed E-state index contributed by atoms with van der Waals surface area (Å²) in [7, 11) is 0. The van der Waals surface area contributed by atoms with Gasteiger partial charge in [-0.25, -0.2) is 0 Å². The molecule has 1 saturated carbocycles. The molecule has 0 radical (unpaired) electrons. The van der Waals surface area contributed by atoms with E-state index in [4.69, 9.17) is 4.42 Å². The minimum atomic E-state index is -0.928. The topological polar surface area (TPSA) is 67.5 Å². The number of hydrogen-bond donors (Lipinski definition) is 1. The fourth-order valence-corrected chi connectivity index (χ4v) is 5.12. The Morgan fingerprint density at radius 1 is 1.33 bits per heavy atom. The minimum absolute atomic E-state index is 0.0402. The molecule has 1 aliphatic heterocycles. The minimum Gasteiger partial charge on any atom is -0.463 e. The molecule has 6 heteroatoms. The molecule has 2 amide bonds. The summed E-state index contributed by atoms with van der Waals surface area (Å²) < 4.78 is 7.49. The first-order valence-electron chi connectivity index (χ1n) is 11.4. The van der Waals surface area contributed by atoms with Crippen LogP contribution in [-0.2, 0) is 11.3 Å². The van der Waals surface area contributed by atoms with Gasteiger partial charge in [-0.3, -0.25) is 9.59 Å². The lowest BCUT2D eigenvalue weighted by Gasteiger charge is -2.46. The van der Waals surface area contributed by atoms with Crippen molar-refractivity contribution >= 4 is 22.9 Å². The van der Waals surface area contributed by atoms with Crippen molar-refractivity contribution in [1.29, 1.82) is 0 Å². The molecule has 164 valence electrons. The van der Waals surface area contributed by atoms with Crippen LogP contribution in [0.3, 0.4) is 0 Å². The molecule has 1 N–H and O–H groups in total. The van der Waals surface area contributed by atoms with Gasteiger partial charge in [0.1, 0.15) is 11.2 Å².